The average Bonchev–Trinajstić information content (AvgIpc) is 2.85. The van der Waals surface area contributed by atoms with Gasteiger partial charge in [-0.25, -0.2) is 9.67 Å². The third kappa shape index (κ3) is 3.81. The highest BCUT2D eigenvalue weighted by Gasteiger charge is 2.12. The normalized spacial score (nSPS) is 10.6. The van der Waals surface area contributed by atoms with Crippen LogP contribution < -0.4 is 0 Å². The van der Waals surface area contributed by atoms with Crippen LogP contribution in [0.5, 0.6) is 0 Å². The Morgan fingerprint density at radius 2 is 2.25 bits per heavy atom. The number of aromatic nitrogens is 5. The molecule has 2 aromatic rings. The van der Waals surface area contributed by atoms with Crippen molar-refractivity contribution >= 4 is 40.9 Å². The number of pyridine rings is 1. The van der Waals surface area contributed by atoms with Gasteiger partial charge in [-0.15, -0.1) is 5.10 Å². The van der Waals surface area contributed by atoms with E-state index in [1.165, 1.54) is 23.6 Å². The van der Waals surface area contributed by atoms with E-state index in [2.05, 4.69) is 25.2 Å². The molecule has 0 aromatic carbocycles. The molecule has 2 heterocycles. The van der Waals surface area contributed by atoms with E-state index in [1.807, 2.05) is 0 Å². The summed E-state index contributed by atoms with van der Waals surface area (Å²) in [4.78, 5) is 15.1. The van der Waals surface area contributed by atoms with Gasteiger partial charge in [0.05, 0.1) is 7.11 Å². The van der Waals surface area contributed by atoms with Gasteiger partial charge in [0.1, 0.15) is 16.9 Å². The zero-order chi connectivity index (χ0) is 14.5. The number of tetrazole rings is 1. The van der Waals surface area contributed by atoms with Crippen molar-refractivity contribution in [3.63, 3.8) is 0 Å². The SMILES string of the molecule is COC(=O)Cn1nnnc1SCc1ccc(Cl)nc1Cl. The molecule has 20 heavy (non-hydrogen) atoms. The van der Waals surface area contributed by atoms with Crippen LogP contribution in [-0.4, -0.2) is 38.3 Å². The van der Waals surface area contributed by atoms with Crippen molar-refractivity contribution in [3.05, 3.63) is 28.0 Å². The summed E-state index contributed by atoms with van der Waals surface area (Å²) in [5.41, 5.74) is 0.800. The van der Waals surface area contributed by atoms with Gasteiger partial charge in [0.15, 0.2) is 0 Å². The van der Waals surface area contributed by atoms with E-state index in [-0.39, 0.29) is 6.54 Å². The minimum absolute atomic E-state index is 0.0432. The van der Waals surface area contributed by atoms with Crippen LogP contribution in [0.3, 0.4) is 0 Å². The quantitative estimate of drug-likeness (QED) is 0.469. The monoisotopic (exact) mass is 333 g/mol. The molecular weight excluding hydrogens is 325 g/mol. The molecule has 0 unspecified atom stereocenters. The van der Waals surface area contributed by atoms with Crippen LogP contribution in [0.1, 0.15) is 5.56 Å². The summed E-state index contributed by atoms with van der Waals surface area (Å²) < 4.78 is 5.92. The Hall–Kier alpha value is -1.38. The first kappa shape index (κ1) is 15.0. The second-order valence-electron chi connectivity index (χ2n) is 3.57. The van der Waals surface area contributed by atoms with E-state index in [4.69, 9.17) is 23.2 Å². The molecule has 0 aliphatic carbocycles. The van der Waals surface area contributed by atoms with Gasteiger partial charge in [-0.2, -0.15) is 0 Å². The summed E-state index contributed by atoms with van der Waals surface area (Å²) >= 11 is 13.0. The Morgan fingerprint density at radius 1 is 1.45 bits per heavy atom. The van der Waals surface area contributed by atoms with Crippen molar-refractivity contribution in [2.24, 2.45) is 0 Å². The topological polar surface area (TPSA) is 82.8 Å². The Kier molecular flexibility index (Phi) is 5.16. The molecule has 0 saturated carbocycles. The van der Waals surface area contributed by atoms with Crippen LogP contribution in [0.15, 0.2) is 17.3 Å². The highest BCUT2D eigenvalue weighted by atomic mass is 35.5. The third-order valence-electron chi connectivity index (χ3n) is 2.25. The van der Waals surface area contributed by atoms with Crippen LogP contribution >= 0.6 is 35.0 Å². The largest absolute Gasteiger partial charge is 0.468 e. The van der Waals surface area contributed by atoms with Gasteiger partial charge in [-0.05, 0) is 22.1 Å². The first-order chi connectivity index (χ1) is 9.60. The molecule has 0 atom stereocenters. The molecule has 10 heteroatoms. The third-order valence-corrected chi connectivity index (χ3v) is 3.80. The number of carbonyl (C=O) groups excluding carboxylic acids is 1. The van der Waals surface area contributed by atoms with Gasteiger partial charge in [-0.3, -0.25) is 4.79 Å². The number of nitrogens with zero attached hydrogens (tertiary/aromatic N) is 5. The number of halogens is 2. The van der Waals surface area contributed by atoms with Gasteiger partial charge in [0.25, 0.3) is 0 Å². The molecule has 0 saturated heterocycles. The predicted octanol–water partition coefficient (Wildman–Crippen LogP) is 1.84. The van der Waals surface area contributed by atoms with Crippen LogP contribution in [0.4, 0.5) is 0 Å². The number of hydrogen-bond acceptors (Lipinski definition) is 7. The maximum atomic E-state index is 11.2. The zero-order valence-corrected chi connectivity index (χ0v) is 12.6. The fraction of sp³-hybridized carbons (Fsp3) is 0.300. The van der Waals surface area contributed by atoms with Crippen LogP contribution in [0.2, 0.25) is 10.3 Å². The minimum atomic E-state index is -0.426. The molecule has 0 N–H and O–H groups in total. The first-order valence-electron chi connectivity index (χ1n) is 5.37. The second kappa shape index (κ2) is 6.87. The predicted molar refractivity (Wildman–Crippen MR) is 73.7 cm³/mol. The summed E-state index contributed by atoms with van der Waals surface area (Å²) in [6.07, 6.45) is 0. The van der Waals surface area contributed by atoms with E-state index in [0.29, 0.717) is 21.2 Å². The fourth-order valence-corrected chi connectivity index (χ4v) is 2.63. The molecule has 2 aromatic heterocycles. The molecular formula is C10H9Cl2N5O2S. The lowest BCUT2D eigenvalue weighted by atomic mass is 10.3. The van der Waals surface area contributed by atoms with Gasteiger partial charge in [0, 0.05) is 5.75 Å². The van der Waals surface area contributed by atoms with Crippen molar-refractivity contribution in [3.8, 4) is 0 Å². The van der Waals surface area contributed by atoms with Crippen molar-refractivity contribution in [2.45, 2.75) is 17.5 Å². The van der Waals surface area contributed by atoms with E-state index in [1.54, 1.807) is 12.1 Å². The number of thioether (sulfide) groups is 1. The molecule has 0 aliphatic rings. The maximum Gasteiger partial charge on any atom is 0.327 e. The molecule has 0 bridgehead atoms. The van der Waals surface area contributed by atoms with E-state index >= 15 is 0 Å². The van der Waals surface area contributed by atoms with Crippen LogP contribution in [0.25, 0.3) is 0 Å². The molecule has 0 amide bonds. The zero-order valence-electron chi connectivity index (χ0n) is 10.3. The molecule has 0 fully saturated rings. The Morgan fingerprint density at radius 3 is 2.95 bits per heavy atom. The highest BCUT2D eigenvalue weighted by molar-refractivity contribution is 7.98. The minimum Gasteiger partial charge on any atom is -0.468 e. The number of ether oxygens (including phenoxy) is 1. The smallest absolute Gasteiger partial charge is 0.327 e. The average molecular weight is 334 g/mol. The van der Waals surface area contributed by atoms with E-state index < -0.39 is 5.97 Å². The molecule has 106 valence electrons. The summed E-state index contributed by atoms with van der Waals surface area (Å²) in [5, 5.41) is 12.2. The fourth-order valence-electron chi connectivity index (χ4n) is 1.28. The number of hydrogen-bond donors (Lipinski definition) is 0. The van der Waals surface area contributed by atoms with Gasteiger partial charge in [-0.1, -0.05) is 41.0 Å². The number of methoxy groups -OCH3 is 1. The summed E-state index contributed by atoms with van der Waals surface area (Å²) in [5.74, 6) is 0.0789. The van der Waals surface area contributed by atoms with E-state index in [0.717, 1.165) is 5.56 Å². The lowest BCUT2D eigenvalue weighted by molar-refractivity contribution is -0.141. The maximum absolute atomic E-state index is 11.2. The number of rotatable bonds is 5. The number of carbonyl (C=O) groups is 1. The first-order valence-corrected chi connectivity index (χ1v) is 7.11. The number of esters is 1. The van der Waals surface area contributed by atoms with Gasteiger partial charge < -0.3 is 4.74 Å². The van der Waals surface area contributed by atoms with Crippen molar-refractivity contribution in [2.75, 3.05) is 7.11 Å². The second-order valence-corrected chi connectivity index (χ2v) is 5.26. The molecule has 0 spiro atoms. The summed E-state index contributed by atoms with van der Waals surface area (Å²) in [6, 6.07) is 3.43. The Balaban J connectivity index is 2.04. The van der Waals surface area contributed by atoms with Crippen LogP contribution in [-0.2, 0) is 21.8 Å². The van der Waals surface area contributed by atoms with E-state index in [9.17, 15) is 4.79 Å². The van der Waals surface area contributed by atoms with Gasteiger partial charge >= 0.3 is 5.97 Å². The van der Waals surface area contributed by atoms with Gasteiger partial charge in [0.2, 0.25) is 5.16 Å². The van der Waals surface area contributed by atoms with Crippen LogP contribution in [0, 0.1) is 0 Å². The molecule has 0 aliphatic heterocycles. The standard InChI is InChI=1S/C10H9Cl2N5O2S/c1-19-8(18)4-17-10(14-15-16-17)20-5-6-2-3-7(11)13-9(6)12/h2-3H,4-5H2,1H3. The lowest BCUT2D eigenvalue weighted by Crippen LogP contribution is -2.13. The Labute approximate surface area is 128 Å². The lowest BCUT2D eigenvalue weighted by Gasteiger charge is -2.04. The molecule has 0 radical (unpaired) electrons. The summed E-state index contributed by atoms with van der Waals surface area (Å²) in [7, 11) is 1.30. The van der Waals surface area contributed by atoms with Crippen molar-refractivity contribution < 1.29 is 9.53 Å². The summed E-state index contributed by atoms with van der Waals surface area (Å²) in [6.45, 7) is -0.0432. The van der Waals surface area contributed by atoms with Crippen molar-refractivity contribution in [1.29, 1.82) is 0 Å². The molecule has 2 rings (SSSR count). The molecule has 7 nitrogen and oxygen atoms in total. The Bertz CT molecular complexity index is 621. The highest BCUT2D eigenvalue weighted by Crippen LogP contribution is 2.25. The van der Waals surface area contributed by atoms with Crippen molar-refractivity contribution in [1.82, 2.24) is 25.2 Å².